The summed E-state index contributed by atoms with van der Waals surface area (Å²) in [5, 5.41) is 1.95. The van der Waals surface area contributed by atoms with Gasteiger partial charge in [0.1, 0.15) is 0 Å². The predicted octanol–water partition coefficient (Wildman–Crippen LogP) is 3.07. The Labute approximate surface area is 111 Å². The molecule has 0 aromatic heterocycles. The third-order valence-corrected chi connectivity index (χ3v) is 3.58. The first-order valence-corrected chi connectivity index (χ1v) is 6.44. The molecule has 19 heavy (non-hydrogen) atoms. The van der Waals surface area contributed by atoms with Gasteiger partial charge in [-0.2, -0.15) is 0 Å². The standard InChI is InChI=1S/C16H14O3/c1-2-19-16(18)13-9-14(17)15-11-6-4-3-5-10(11)7-8-12(13)15/h3-8,13H,2,9H2,1H3/t13-/m0/s1. The van der Waals surface area contributed by atoms with Gasteiger partial charge < -0.3 is 4.74 Å². The van der Waals surface area contributed by atoms with E-state index in [4.69, 9.17) is 4.74 Å². The summed E-state index contributed by atoms with van der Waals surface area (Å²) in [6, 6.07) is 11.6. The van der Waals surface area contributed by atoms with Crippen LogP contribution in [0.15, 0.2) is 36.4 Å². The smallest absolute Gasteiger partial charge is 0.313 e. The molecule has 3 nitrogen and oxygen atoms in total. The van der Waals surface area contributed by atoms with Gasteiger partial charge in [0.05, 0.1) is 12.5 Å². The van der Waals surface area contributed by atoms with E-state index in [0.717, 1.165) is 16.3 Å². The summed E-state index contributed by atoms with van der Waals surface area (Å²) in [6.45, 7) is 2.11. The summed E-state index contributed by atoms with van der Waals surface area (Å²) >= 11 is 0. The van der Waals surface area contributed by atoms with E-state index in [9.17, 15) is 9.59 Å². The van der Waals surface area contributed by atoms with Crippen molar-refractivity contribution < 1.29 is 14.3 Å². The fraction of sp³-hybridized carbons (Fsp3) is 0.250. The number of ether oxygens (including phenoxy) is 1. The second-order valence-corrected chi connectivity index (χ2v) is 4.68. The summed E-state index contributed by atoms with van der Waals surface area (Å²) in [7, 11) is 0. The fourth-order valence-corrected chi connectivity index (χ4v) is 2.74. The number of ketones is 1. The number of carbonyl (C=O) groups is 2. The minimum Gasteiger partial charge on any atom is -0.466 e. The van der Waals surface area contributed by atoms with Gasteiger partial charge >= 0.3 is 5.97 Å². The van der Waals surface area contributed by atoms with Gasteiger partial charge in [-0.25, -0.2) is 0 Å². The summed E-state index contributed by atoms with van der Waals surface area (Å²) in [5.41, 5.74) is 1.50. The molecule has 0 amide bonds. The highest BCUT2D eigenvalue weighted by Gasteiger charge is 2.36. The third kappa shape index (κ3) is 1.82. The Hall–Kier alpha value is -2.16. The molecule has 1 aliphatic carbocycles. The maximum Gasteiger partial charge on any atom is 0.313 e. The second-order valence-electron chi connectivity index (χ2n) is 4.68. The first-order chi connectivity index (χ1) is 9.22. The van der Waals surface area contributed by atoms with E-state index in [1.165, 1.54) is 0 Å². The Balaban J connectivity index is 2.16. The number of rotatable bonds is 2. The van der Waals surface area contributed by atoms with Crippen LogP contribution in [0.2, 0.25) is 0 Å². The molecule has 0 fully saturated rings. The van der Waals surface area contributed by atoms with E-state index in [0.29, 0.717) is 12.2 Å². The minimum atomic E-state index is -0.438. The molecule has 2 aromatic rings. The van der Waals surface area contributed by atoms with Gasteiger partial charge in [-0.3, -0.25) is 9.59 Å². The molecule has 96 valence electrons. The van der Waals surface area contributed by atoms with Crippen LogP contribution < -0.4 is 0 Å². The number of benzene rings is 2. The lowest BCUT2D eigenvalue weighted by Gasteiger charge is -2.10. The van der Waals surface area contributed by atoms with Gasteiger partial charge in [0, 0.05) is 12.0 Å². The van der Waals surface area contributed by atoms with Crippen molar-refractivity contribution in [2.24, 2.45) is 0 Å². The molecule has 1 aliphatic rings. The lowest BCUT2D eigenvalue weighted by molar-refractivity contribution is -0.144. The SMILES string of the molecule is CCOC(=O)[C@H]1CC(=O)c2c1ccc1ccccc21. The first-order valence-electron chi connectivity index (χ1n) is 6.44. The topological polar surface area (TPSA) is 43.4 Å². The molecular weight excluding hydrogens is 240 g/mol. The maximum absolute atomic E-state index is 12.2. The molecule has 0 unspecified atom stereocenters. The summed E-state index contributed by atoms with van der Waals surface area (Å²) in [6.07, 6.45) is 0.224. The first kappa shape index (κ1) is 11.9. The predicted molar refractivity (Wildman–Crippen MR) is 72.3 cm³/mol. The number of Topliss-reactive ketones (excluding diaryl/α,β-unsaturated/α-hetero) is 1. The van der Waals surface area contributed by atoms with Crippen molar-refractivity contribution in [3.63, 3.8) is 0 Å². The average molecular weight is 254 g/mol. The summed E-state index contributed by atoms with van der Waals surface area (Å²) in [4.78, 5) is 24.1. The quantitative estimate of drug-likeness (QED) is 0.773. The monoisotopic (exact) mass is 254 g/mol. The van der Waals surface area contributed by atoms with Crippen LogP contribution in [0.4, 0.5) is 0 Å². The van der Waals surface area contributed by atoms with Gasteiger partial charge in [-0.05, 0) is 23.3 Å². The van der Waals surface area contributed by atoms with Crippen molar-refractivity contribution in [3.05, 3.63) is 47.5 Å². The zero-order chi connectivity index (χ0) is 13.4. The van der Waals surface area contributed by atoms with Gasteiger partial charge in [0.15, 0.2) is 5.78 Å². The summed E-state index contributed by atoms with van der Waals surface area (Å²) in [5.74, 6) is -0.707. The van der Waals surface area contributed by atoms with E-state index in [1.54, 1.807) is 6.92 Å². The molecule has 0 bridgehead atoms. The van der Waals surface area contributed by atoms with Crippen LogP contribution in [0, 0.1) is 0 Å². The van der Waals surface area contributed by atoms with Crippen molar-refractivity contribution >= 4 is 22.5 Å². The van der Waals surface area contributed by atoms with Crippen LogP contribution in [-0.2, 0) is 9.53 Å². The average Bonchev–Trinajstić information content (AvgIpc) is 2.77. The van der Waals surface area contributed by atoms with Crippen molar-refractivity contribution in [2.45, 2.75) is 19.3 Å². The number of carbonyl (C=O) groups excluding carboxylic acids is 2. The molecule has 2 aromatic carbocycles. The van der Waals surface area contributed by atoms with Gasteiger partial charge in [0.25, 0.3) is 0 Å². The van der Waals surface area contributed by atoms with Crippen molar-refractivity contribution in [1.29, 1.82) is 0 Å². The lowest BCUT2D eigenvalue weighted by Crippen LogP contribution is -2.13. The molecule has 3 heteroatoms. The van der Waals surface area contributed by atoms with E-state index in [2.05, 4.69) is 0 Å². The number of esters is 1. The Morgan fingerprint density at radius 1 is 1.26 bits per heavy atom. The molecule has 3 rings (SSSR count). The van der Waals surface area contributed by atoms with Crippen LogP contribution in [0.25, 0.3) is 10.8 Å². The Kier molecular flexibility index (Phi) is 2.82. The largest absolute Gasteiger partial charge is 0.466 e. The van der Waals surface area contributed by atoms with Crippen LogP contribution in [0.3, 0.4) is 0 Å². The van der Waals surface area contributed by atoms with E-state index in [-0.39, 0.29) is 18.2 Å². The molecule has 0 heterocycles. The zero-order valence-electron chi connectivity index (χ0n) is 10.7. The van der Waals surface area contributed by atoms with Gasteiger partial charge in [0.2, 0.25) is 0 Å². The normalized spacial score (nSPS) is 17.5. The second kappa shape index (κ2) is 4.50. The highest BCUT2D eigenvalue weighted by Crippen LogP contribution is 2.38. The van der Waals surface area contributed by atoms with E-state index in [1.807, 2.05) is 36.4 Å². The molecule has 0 radical (unpaired) electrons. The van der Waals surface area contributed by atoms with Crippen LogP contribution in [-0.4, -0.2) is 18.4 Å². The van der Waals surface area contributed by atoms with Gasteiger partial charge in [-0.1, -0.05) is 36.4 Å². The number of hydrogen-bond acceptors (Lipinski definition) is 3. The highest BCUT2D eigenvalue weighted by molar-refractivity contribution is 6.14. The van der Waals surface area contributed by atoms with Gasteiger partial charge in [-0.15, -0.1) is 0 Å². The lowest BCUT2D eigenvalue weighted by atomic mass is 9.97. The van der Waals surface area contributed by atoms with Crippen molar-refractivity contribution in [1.82, 2.24) is 0 Å². The van der Waals surface area contributed by atoms with Crippen LogP contribution >= 0.6 is 0 Å². The molecule has 1 atom stereocenters. The Morgan fingerprint density at radius 3 is 2.84 bits per heavy atom. The zero-order valence-corrected chi connectivity index (χ0v) is 10.7. The van der Waals surface area contributed by atoms with E-state index < -0.39 is 5.92 Å². The van der Waals surface area contributed by atoms with Crippen molar-refractivity contribution in [3.8, 4) is 0 Å². The van der Waals surface area contributed by atoms with Crippen LogP contribution in [0.5, 0.6) is 0 Å². The molecule has 0 N–H and O–H groups in total. The van der Waals surface area contributed by atoms with Crippen molar-refractivity contribution in [2.75, 3.05) is 6.61 Å². The van der Waals surface area contributed by atoms with Crippen LogP contribution in [0.1, 0.15) is 35.2 Å². The van der Waals surface area contributed by atoms with E-state index >= 15 is 0 Å². The maximum atomic E-state index is 12.2. The third-order valence-electron chi connectivity index (χ3n) is 3.58. The number of fused-ring (bicyclic) bond motifs is 3. The minimum absolute atomic E-state index is 0.0323. The fourth-order valence-electron chi connectivity index (χ4n) is 2.74. The summed E-state index contributed by atoms with van der Waals surface area (Å²) < 4.78 is 5.05. The highest BCUT2D eigenvalue weighted by atomic mass is 16.5. The Morgan fingerprint density at radius 2 is 2.05 bits per heavy atom. The molecular formula is C16H14O3. The Bertz CT molecular complexity index is 673. The number of hydrogen-bond donors (Lipinski definition) is 0. The molecule has 0 saturated carbocycles. The molecule has 0 aliphatic heterocycles. The molecule has 0 saturated heterocycles. The molecule has 0 spiro atoms.